The van der Waals surface area contributed by atoms with Gasteiger partial charge < -0.3 is 9.80 Å². The smallest absolute Gasteiger partial charge is 0.141 e. The molecule has 2 atom stereocenters. The highest BCUT2D eigenvalue weighted by Gasteiger charge is 2.42. The van der Waals surface area contributed by atoms with Crippen molar-refractivity contribution in [1.82, 2.24) is 14.9 Å². The van der Waals surface area contributed by atoms with E-state index < -0.39 is 0 Å². The maximum absolute atomic E-state index is 4.87. The molecule has 0 N–H and O–H groups in total. The molecule has 2 aromatic heterocycles. The summed E-state index contributed by atoms with van der Waals surface area (Å²) < 4.78 is 0. The van der Waals surface area contributed by atoms with Crippen LogP contribution in [-0.2, 0) is 0 Å². The fourth-order valence-electron chi connectivity index (χ4n) is 6.00. The van der Waals surface area contributed by atoms with Crippen LogP contribution in [0.25, 0.3) is 21.3 Å². The number of rotatable bonds is 4. The number of benzene rings is 1. The Bertz CT molecular complexity index is 981. The number of aromatic nitrogens is 2. The average molecular weight is 405 g/mol. The summed E-state index contributed by atoms with van der Waals surface area (Å²) in [5, 5.41) is 3.53. The monoisotopic (exact) mass is 404 g/mol. The summed E-state index contributed by atoms with van der Waals surface area (Å²) in [6, 6.07) is 12.0. The van der Waals surface area contributed by atoms with Crippen molar-refractivity contribution in [2.24, 2.45) is 5.92 Å². The Hall–Kier alpha value is -1.98. The molecule has 0 radical (unpaired) electrons. The van der Waals surface area contributed by atoms with E-state index in [0.29, 0.717) is 12.1 Å². The lowest BCUT2D eigenvalue weighted by Crippen LogP contribution is -2.46. The van der Waals surface area contributed by atoms with Crippen molar-refractivity contribution < 1.29 is 0 Å². The molecule has 5 heteroatoms. The highest BCUT2D eigenvalue weighted by atomic mass is 32.1. The molecule has 1 aromatic carbocycles. The molecule has 0 amide bonds. The number of thiophene rings is 1. The number of nitrogens with zero attached hydrogens (tertiary/aromatic N) is 4. The van der Waals surface area contributed by atoms with Crippen LogP contribution in [0.15, 0.2) is 42.0 Å². The summed E-state index contributed by atoms with van der Waals surface area (Å²) in [7, 11) is 0. The van der Waals surface area contributed by atoms with Crippen molar-refractivity contribution in [1.29, 1.82) is 0 Å². The maximum atomic E-state index is 4.87. The third kappa shape index (κ3) is 3.15. The zero-order valence-electron chi connectivity index (χ0n) is 16.8. The van der Waals surface area contributed by atoms with Crippen molar-refractivity contribution >= 4 is 27.4 Å². The predicted molar refractivity (Wildman–Crippen MR) is 121 cm³/mol. The van der Waals surface area contributed by atoms with Crippen molar-refractivity contribution in [3.8, 4) is 11.1 Å². The highest BCUT2D eigenvalue weighted by molar-refractivity contribution is 7.17. The summed E-state index contributed by atoms with van der Waals surface area (Å²) >= 11 is 1.75. The normalized spacial score (nSPS) is 27.2. The van der Waals surface area contributed by atoms with Crippen LogP contribution < -0.4 is 4.90 Å². The minimum absolute atomic E-state index is 0.642. The number of anilines is 1. The van der Waals surface area contributed by atoms with Crippen LogP contribution in [-0.4, -0.2) is 46.6 Å². The Morgan fingerprint density at radius 2 is 1.72 bits per heavy atom. The maximum Gasteiger partial charge on any atom is 0.141 e. The van der Waals surface area contributed by atoms with E-state index in [0.717, 1.165) is 10.7 Å². The second kappa shape index (κ2) is 7.37. The average Bonchev–Trinajstić information content (AvgIpc) is 3.47. The summed E-state index contributed by atoms with van der Waals surface area (Å²) in [6.45, 7) is 3.95. The Balaban J connectivity index is 1.34. The van der Waals surface area contributed by atoms with Crippen LogP contribution in [0.4, 0.5) is 5.82 Å². The van der Waals surface area contributed by atoms with E-state index in [-0.39, 0.29) is 0 Å². The fourth-order valence-corrected chi connectivity index (χ4v) is 6.91. The van der Waals surface area contributed by atoms with Gasteiger partial charge in [-0.3, -0.25) is 0 Å². The standard InChI is InChI=1S/C24H28N4S/c1-2-6-18(7-3-1)21-15-29-24-22(21)23(25-16-26-24)28-19-8-9-20(28)13-17(12-19)14-27-10-4-5-11-27/h1-3,6-7,15-17,19-20H,4-5,8-14H2. The molecule has 3 fully saturated rings. The molecule has 3 aromatic rings. The fraction of sp³-hybridized carbons (Fsp3) is 0.500. The van der Waals surface area contributed by atoms with Crippen LogP contribution in [0.1, 0.15) is 38.5 Å². The molecule has 3 saturated heterocycles. The lowest BCUT2D eigenvalue weighted by molar-refractivity contribution is 0.228. The molecule has 6 rings (SSSR count). The van der Waals surface area contributed by atoms with Crippen molar-refractivity contribution in [3.63, 3.8) is 0 Å². The van der Waals surface area contributed by atoms with E-state index in [1.165, 1.54) is 80.5 Å². The van der Waals surface area contributed by atoms with Crippen LogP contribution >= 0.6 is 11.3 Å². The van der Waals surface area contributed by atoms with E-state index in [4.69, 9.17) is 4.98 Å². The molecule has 0 aliphatic carbocycles. The Morgan fingerprint density at radius 3 is 2.48 bits per heavy atom. The van der Waals surface area contributed by atoms with Crippen LogP contribution in [0.3, 0.4) is 0 Å². The predicted octanol–water partition coefficient (Wildman–Crippen LogP) is 5.20. The number of piperidine rings is 1. The van der Waals surface area contributed by atoms with Crippen LogP contribution in [0, 0.1) is 5.92 Å². The third-order valence-electron chi connectivity index (χ3n) is 7.23. The van der Waals surface area contributed by atoms with Gasteiger partial charge in [-0.05, 0) is 63.1 Å². The van der Waals surface area contributed by atoms with Gasteiger partial charge in [0, 0.05) is 29.6 Å². The van der Waals surface area contributed by atoms with E-state index in [1.807, 2.05) is 0 Å². The molecule has 3 aliphatic rings. The minimum atomic E-state index is 0.642. The molecule has 29 heavy (non-hydrogen) atoms. The van der Waals surface area contributed by atoms with Crippen molar-refractivity contribution in [2.45, 2.75) is 50.6 Å². The van der Waals surface area contributed by atoms with Gasteiger partial charge >= 0.3 is 0 Å². The number of fused-ring (bicyclic) bond motifs is 3. The summed E-state index contributed by atoms with van der Waals surface area (Å²) in [5.41, 5.74) is 2.56. The zero-order chi connectivity index (χ0) is 19.2. The summed E-state index contributed by atoms with van der Waals surface area (Å²) in [5.74, 6) is 2.04. The first-order valence-corrected chi connectivity index (χ1v) is 12.0. The van der Waals surface area contributed by atoms with Gasteiger partial charge in [0.1, 0.15) is 17.0 Å². The van der Waals surface area contributed by atoms with Crippen molar-refractivity contribution in [2.75, 3.05) is 24.5 Å². The topological polar surface area (TPSA) is 32.3 Å². The summed E-state index contributed by atoms with van der Waals surface area (Å²) in [4.78, 5) is 16.0. The Kier molecular flexibility index (Phi) is 4.53. The number of likely N-dealkylation sites (tertiary alicyclic amines) is 1. The molecular weight excluding hydrogens is 376 g/mol. The highest BCUT2D eigenvalue weighted by Crippen LogP contribution is 2.46. The van der Waals surface area contributed by atoms with Gasteiger partial charge in [-0.2, -0.15) is 0 Å². The van der Waals surface area contributed by atoms with E-state index in [2.05, 4.69) is 50.5 Å². The summed E-state index contributed by atoms with van der Waals surface area (Å²) in [6.07, 6.45) is 9.84. The molecule has 0 spiro atoms. The van der Waals surface area contributed by atoms with Gasteiger partial charge in [0.25, 0.3) is 0 Å². The van der Waals surface area contributed by atoms with Crippen LogP contribution in [0.2, 0.25) is 0 Å². The van der Waals surface area contributed by atoms with E-state index in [9.17, 15) is 0 Å². The van der Waals surface area contributed by atoms with Gasteiger partial charge in [0.05, 0.1) is 5.39 Å². The first-order chi connectivity index (χ1) is 14.4. The lowest BCUT2D eigenvalue weighted by atomic mass is 9.90. The molecule has 150 valence electrons. The SMILES string of the molecule is c1ccc(-c2csc3ncnc(N4C5CCC4CC(CN4CCCC4)C5)c23)cc1. The largest absolute Gasteiger partial charge is 0.350 e. The van der Waals surface area contributed by atoms with Crippen molar-refractivity contribution in [3.05, 3.63) is 42.0 Å². The molecule has 2 unspecified atom stereocenters. The number of hydrogen-bond donors (Lipinski definition) is 0. The molecule has 2 bridgehead atoms. The first-order valence-electron chi connectivity index (χ1n) is 11.1. The Morgan fingerprint density at radius 1 is 0.966 bits per heavy atom. The molecule has 5 heterocycles. The number of hydrogen-bond acceptors (Lipinski definition) is 5. The zero-order valence-corrected chi connectivity index (χ0v) is 17.7. The second-order valence-electron chi connectivity index (χ2n) is 9.03. The van der Waals surface area contributed by atoms with Gasteiger partial charge in [-0.1, -0.05) is 30.3 Å². The minimum Gasteiger partial charge on any atom is -0.350 e. The van der Waals surface area contributed by atoms with E-state index in [1.54, 1.807) is 17.7 Å². The van der Waals surface area contributed by atoms with Gasteiger partial charge in [-0.25, -0.2) is 9.97 Å². The van der Waals surface area contributed by atoms with Gasteiger partial charge in [-0.15, -0.1) is 11.3 Å². The first kappa shape index (κ1) is 17.8. The van der Waals surface area contributed by atoms with Gasteiger partial charge in [0.2, 0.25) is 0 Å². The third-order valence-corrected chi connectivity index (χ3v) is 8.11. The lowest BCUT2D eigenvalue weighted by Gasteiger charge is -2.41. The molecule has 4 nitrogen and oxygen atoms in total. The Labute approximate surface area is 176 Å². The van der Waals surface area contributed by atoms with Gasteiger partial charge in [0.15, 0.2) is 0 Å². The molecular formula is C24H28N4S. The molecule has 3 aliphatic heterocycles. The molecule has 0 saturated carbocycles. The quantitative estimate of drug-likeness (QED) is 0.598. The second-order valence-corrected chi connectivity index (χ2v) is 9.89. The van der Waals surface area contributed by atoms with E-state index >= 15 is 0 Å². The van der Waals surface area contributed by atoms with Crippen LogP contribution in [0.5, 0.6) is 0 Å².